The molecule has 1 heterocycles. The molecule has 1 aromatic carbocycles. The van der Waals surface area contributed by atoms with Gasteiger partial charge in [0.05, 0.1) is 23.8 Å². The fraction of sp³-hybridized carbons (Fsp3) is 0.143. The number of nitriles is 1. The highest BCUT2D eigenvalue weighted by atomic mass is 19.4. The van der Waals surface area contributed by atoms with Crippen molar-refractivity contribution in [3.63, 3.8) is 0 Å². The molecule has 0 aliphatic heterocycles. The number of halogens is 3. The van der Waals surface area contributed by atoms with E-state index in [1.807, 2.05) is 0 Å². The Kier molecular flexibility index (Phi) is 4.10. The molecule has 0 amide bonds. The number of benzene rings is 1. The number of pyridine rings is 1. The highest BCUT2D eigenvalue weighted by molar-refractivity contribution is 5.45. The maximum absolute atomic E-state index is 12.9. The summed E-state index contributed by atoms with van der Waals surface area (Å²) in [5, 5.41) is 17.5. The van der Waals surface area contributed by atoms with Gasteiger partial charge in [0.1, 0.15) is 5.75 Å². The van der Waals surface area contributed by atoms with Gasteiger partial charge in [0, 0.05) is 12.3 Å². The van der Waals surface area contributed by atoms with Crippen molar-refractivity contribution in [2.75, 3.05) is 0 Å². The van der Waals surface area contributed by atoms with E-state index in [1.54, 1.807) is 6.07 Å². The first-order chi connectivity index (χ1) is 9.94. The second-order valence-corrected chi connectivity index (χ2v) is 4.09. The molecule has 4 nitrogen and oxygen atoms in total. The van der Waals surface area contributed by atoms with Crippen LogP contribution in [-0.2, 0) is 12.8 Å². The molecule has 108 valence electrons. The van der Waals surface area contributed by atoms with E-state index in [0.29, 0.717) is 5.56 Å². The van der Waals surface area contributed by atoms with E-state index in [-0.39, 0.29) is 18.1 Å². The van der Waals surface area contributed by atoms with Gasteiger partial charge in [-0.1, -0.05) is 0 Å². The van der Waals surface area contributed by atoms with Gasteiger partial charge in [-0.3, -0.25) is 0 Å². The Hall–Kier alpha value is -2.59. The number of nitrogens with zero attached hydrogens (tertiary/aromatic N) is 2. The van der Waals surface area contributed by atoms with Gasteiger partial charge in [-0.25, -0.2) is 4.98 Å². The molecule has 0 fully saturated rings. The zero-order chi connectivity index (χ0) is 15.5. The molecule has 0 aliphatic rings. The summed E-state index contributed by atoms with van der Waals surface area (Å²) in [7, 11) is 0. The van der Waals surface area contributed by atoms with Crippen LogP contribution in [-0.4, -0.2) is 10.1 Å². The lowest BCUT2D eigenvalue weighted by atomic mass is 10.1. The number of aliphatic hydroxyl groups excluding tert-OH is 1. The lowest BCUT2D eigenvalue weighted by Crippen LogP contribution is -2.08. The monoisotopic (exact) mass is 294 g/mol. The van der Waals surface area contributed by atoms with Crippen LogP contribution < -0.4 is 4.74 Å². The first-order valence-corrected chi connectivity index (χ1v) is 5.79. The Balaban J connectivity index is 2.36. The Morgan fingerprint density at radius 3 is 2.52 bits per heavy atom. The number of alkyl halides is 3. The fourth-order valence-corrected chi connectivity index (χ4v) is 1.59. The Labute approximate surface area is 118 Å². The minimum Gasteiger partial charge on any atom is -0.438 e. The summed E-state index contributed by atoms with van der Waals surface area (Å²) in [6, 6.07) is 7.50. The molecule has 1 N–H and O–H groups in total. The second-order valence-electron chi connectivity index (χ2n) is 4.09. The minimum absolute atomic E-state index is 0.0394. The summed E-state index contributed by atoms with van der Waals surface area (Å²) in [6.07, 6.45) is -3.35. The van der Waals surface area contributed by atoms with Crippen LogP contribution in [0.4, 0.5) is 13.2 Å². The quantitative estimate of drug-likeness (QED) is 0.943. The number of aromatic nitrogens is 1. The van der Waals surface area contributed by atoms with Crippen molar-refractivity contribution < 1.29 is 23.0 Å². The zero-order valence-electron chi connectivity index (χ0n) is 10.6. The number of hydrogen-bond acceptors (Lipinski definition) is 4. The average molecular weight is 294 g/mol. The van der Waals surface area contributed by atoms with Crippen molar-refractivity contribution in [3.05, 3.63) is 53.2 Å². The second kappa shape index (κ2) is 5.81. The molecule has 0 spiro atoms. The van der Waals surface area contributed by atoms with Crippen molar-refractivity contribution >= 4 is 0 Å². The van der Waals surface area contributed by atoms with E-state index < -0.39 is 17.5 Å². The number of rotatable bonds is 3. The van der Waals surface area contributed by atoms with Crippen LogP contribution in [0.15, 0.2) is 36.5 Å². The van der Waals surface area contributed by atoms with Crippen LogP contribution in [0.25, 0.3) is 0 Å². The molecule has 0 atom stereocenters. The first kappa shape index (κ1) is 14.8. The predicted molar refractivity (Wildman–Crippen MR) is 66.4 cm³/mol. The van der Waals surface area contributed by atoms with Gasteiger partial charge < -0.3 is 9.84 Å². The molecule has 0 saturated carbocycles. The van der Waals surface area contributed by atoms with Crippen molar-refractivity contribution in [1.29, 1.82) is 5.26 Å². The average Bonchev–Trinajstić information content (AvgIpc) is 2.47. The molecular formula is C14H9F3N2O2. The summed E-state index contributed by atoms with van der Waals surface area (Å²) in [6.45, 7) is -0.224. The summed E-state index contributed by atoms with van der Waals surface area (Å²) in [4.78, 5) is 3.80. The van der Waals surface area contributed by atoms with E-state index in [9.17, 15) is 13.2 Å². The molecule has 21 heavy (non-hydrogen) atoms. The van der Waals surface area contributed by atoms with Crippen LogP contribution in [0.5, 0.6) is 11.6 Å². The van der Waals surface area contributed by atoms with Crippen LogP contribution in [0.1, 0.15) is 16.7 Å². The van der Waals surface area contributed by atoms with Crippen molar-refractivity contribution in [3.8, 4) is 17.7 Å². The molecule has 2 rings (SSSR count). The van der Waals surface area contributed by atoms with Gasteiger partial charge in [0.15, 0.2) is 0 Å². The highest BCUT2D eigenvalue weighted by Crippen LogP contribution is 2.38. The van der Waals surface area contributed by atoms with Gasteiger partial charge >= 0.3 is 6.18 Å². The molecule has 1 aromatic heterocycles. The Morgan fingerprint density at radius 2 is 2.00 bits per heavy atom. The number of ether oxygens (including phenoxy) is 1. The van der Waals surface area contributed by atoms with Gasteiger partial charge in [-0.05, 0) is 29.8 Å². The van der Waals surface area contributed by atoms with Crippen LogP contribution >= 0.6 is 0 Å². The molecule has 0 saturated heterocycles. The zero-order valence-corrected chi connectivity index (χ0v) is 10.6. The Bertz CT molecular complexity index is 676. The third-order valence-electron chi connectivity index (χ3n) is 2.61. The van der Waals surface area contributed by atoms with Gasteiger partial charge in [-0.15, -0.1) is 0 Å². The van der Waals surface area contributed by atoms with E-state index in [1.165, 1.54) is 24.4 Å². The normalized spacial score (nSPS) is 11.0. The van der Waals surface area contributed by atoms with Gasteiger partial charge in [0.25, 0.3) is 0 Å². The third-order valence-corrected chi connectivity index (χ3v) is 2.61. The summed E-state index contributed by atoms with van der Waals surface area (Å²) in [5.41, 5.74) is -0.647. The highest BCUT2D eigenvalue weighted by Gasteiger charge is 2.35. The number of hydrogen-bond donors (Lipinski definition) is 1. The molecule has 2 aromatic rings. The smallest absolute Gasteiger partial charge is 0.420 e. The van der Waals surface area contributed by atoms with Crippen molar-refractivity contribution in [2.24, 2.45) is 0 Å². The topological polar surface area (TPSA) is 66.1 Å². The van der Waals surface area contributed by atoms with Gasteiger partial charge in [0.2, 0.25) is 5.88 Å². The Morgan fingerprint density at radius 1 is 1.24 bits per heavy atom. The van der Waals surface area contributed by atoms with Gasteiger partial charge in [-0.2, -0.15) is 18.4 Å². The summed E-state index contributed by atoms with van der Waals surface area (Å²) < 4.78 is 43.9. The van der Waals surface area contributed by atoms with E-state index in [0.717, 1.165) is 12.1 Å². The maximum Gasteiger partial charge on any atom is 0.420 e. The SMILES string of the molecule is N#Cc1ccc(Oc2ccc(CO)cn2)c(C(F)(F)F)c1. The lowest BCUT2D eigenvalue weighted by Gasteiger charge is -2.13. The molecule has 0 aliphatic carbocycles. The molecule has 0 radical (unpaired) electrons. The summed E-state index contributed by atoms with van der Waals surface area (Å²) >= 11 is 0. The van der Waals surface area contributed by atoms with Crippen LogP contribution in [0.2, 0.25) is 0 Å². The molecule has 7 heteroatoms. The standard InChI is InChI=1S/C14H9F3N2O2/c15-14(16,17)11-5-9(6-18)1-3-12(11)21-13-4-2-10(8-20)7-19-13/h1-5,7,20H,8H2. The van der Waals surface area contributed by atoms with Crippen LogP contribution in [0.3, 0.4) is 0 Å². The van der Waals surface area contributed by atoms with Crippen LogP contribution in [0, 0.1) is 11.3 Å². The van der Waals surface area contributed by atoms with Crippen molar-refractivity contribution in [1.82, 2.24) is 4.98 Å². The van der Waals surface area contributed by atoms with Crippen molar-refractivity contribution in [2.45, 2.75) is 12.8 Å². The molecule has 0 unspecified atom stereocenters. The third kappa shape index (κ3) is 3.49. The largest absolute Gasteiger partial charge is 0.438 e. The van der Waals surface area contributed by atoms with E-state index in [2.05, 4.69) is 4.98 Å². The minimum atomic E-state index is -4.65. The lowest BCUT2D eigenvalue weighted by molar-refractivity contribution is -0.138. The molecular weight excluding hydrogens is 285 g/mol. The predicted octanol–water partition coefficient (Wildman–Crippen LogP) is 3.26. The molecule has 0 bridgehead atoms. The first-order valence-electron chi connectivity index (χ1n) is 5.79. The fourth-order valence-electron chi connectivity index (χ4n) is 1.59. The maximum atomic E-state index is 12.9. The summed E-state index contributed by atoms with van der Waals surface area (Å²) in [5.74, 6) is -0.479. The van der Waals surface area contributed by atoms with E-state index >= 15 is 0 Å². The van der Waals surface area contributed by atoms with E-state index in [4.69, 9.17) is 15.1 Å². The number of aliphatic hydroxyl groups is 1.